The summed E-state index contributed by atoms with van der Waals surface area (Å²) in [5.41, 5.74) is 3.87. The average molecular weight is 345 g/mol. The van der Waals surface area contributed by atoms with Crippen LogP contribution < -0.4 is 10.6 Å². The SMILES string of the molecule is Cc1cc(Cl)ccc1Nc1ccc(NC(=O)C2CCOCC2)cc1. The van der Waals surface area contributed by atoms with Gasteiger partial charge in [0.1, 0.15) is 0 Å². The lowest BCUT2D eigenvalue weighted by Crippen LogP contribution is -2.28. The second-order valence-corrected chi connectivity index (χ2v) is 6.47. The minimum Gasteiger partial charge on any atom is -0.381 e. The zero-order chi connectivity index (χ0) is 16.9. The monoisotopic (exact) mass is 344 g/mol. The van der Waals surface area contributed by atoms with Crippen LogP contribution in [-0.4, -0.2) is 19.1 Å². The molecule has 0 bridgehead atoms. The topological polar surface area (TPSA) is 50.4 Å². The van der Waals surface area contributed by atoms with Gasteiger partial charge in [0.2, 0.25) is 5.91 Å². The molecule has 1 heterocycles. The second-order valence-electron chi connectivity index (χ2n) is 6.04. The number of nitrogens with one attached hydrogen (secondary N) is 2. The Bertz CT molecular complexity index is 710. The van der Waals surface area contributed by atoms with E-state index in [9.17, 15) is 4.79 Å². The predicted molar refractivity (Wildman–Crippen MR) is 98.1 cm³/mol. The molecular formula is C19H21ClN2O2. The maximum Gasteiger partial charge on any atom is 0.227 e. The van der Waals surface area contributed by atoms with E-state index < -0.39 is 0 Å². The van der Waals surface area contributed by atoms with Gasteiger partial charge in [0, 0.05) is 41.2 Å². The van der Waals surface area contributed by atoms with Crippen molar-refractivity contribution in [3.63, 3.8) is 0 Å². The molecule has 4 nitrogen and oxygen atoms in total. The summed E-state index contributed by atoms with van der Waals surface area (Å²) in [5.74, 6) is 0.126. The smallest absolute Gasteiger partial charge is 0.227 e. The number of amides is 1. The molecule has 2 N–H and O–H groups in total. The van der Waals surface area contributed by atoms with Gasteiger partial charge < -0.3 is 15.4 Å². The summed E-state index contributed by atoms with van der Waals surface area (Å²) < 4.78 is 5.29. The highest BCUT2D eigenvalue weighted by atomic mass is 35.5. The molecule has 0 atom stereocenters. The molecule has 2 aromatic rings. The molecule has 0 aromatic heterocycles. The molecule has 1 saturated heterocycles. The molecule has 24 heavy (non-hydrogen) atoms. The highest BCUT2D eigenvalue weighted by Crippen LogP contribution is 2.25. The number of ether oxygens (including phenoxy) is 1. The summed E-state index contributed by atoms with van der Waals surface area (Å²) in [6, 6.07) is 13.5. The van der Waals surface area contributed by atoms with Crippen molar-refractivity contribution in [3.8, 4) is 0 Å². The Morgan fingerprint density at radius 1 is 1.08 bits per heavy atom. The third-order valence-electron chi connectivity index (χ3n) is 4.21. The minimum absolute atomic E-state index is 0.0493. The molecule has 0 saturated carbocycles. The van der Waals surface area contributed by atoms with Gasteiger partial charge in [0.15, 0.2) is 0 Å². The molecule has 0 unspecified atom stereocenters. The predicted octanol–water partition coefficient (Wildman–Crippen LogP) is 4.76. The average Bonchev–Trinajstić information content (AvgIpc) is 2.60. The molecule has 1 amide bonds. The molecule has 0 radical (unpaired) electrons. The summed E-state index contributed by atoms with van der Waals surface area (Å²) in [7, 11) is 0. The molecule has 5 heteroatoms. The van der Waals surface area contributed by atoms with E-state index in [1.165, 1.54) is 0 Å². The van der Waals surface area contributed by atoms with Crippen LogP contribution in [0.2, 0.25) is 5.02 Å². The zero-order valence-corrected chi connectivity index (χ0v) is 14.4. The largest absolute Gasteiger partial charge is 0.381 e. The number of rotatable bonds is 4. The zero-order valence-electron chi connectivity index (χ0n) is 13.6. The highest BCUT2D eigenvalue weighted by Gasteiger charge is 2.21. The van der Waals surface area contributed by atoms with Gasteiger partial charge >= 0.3 is 0 Å². The number of hydrogen-bond donors (Lipinski definition) is 2. The van der Waals surface area contributed by atoms with Crippen molar-refractivity contribution >= 4 is 34.6 Å². The van der Waals surface area contributed by atoms with Crippen LogP contribution in [0.3, 0.4) is 0 Å². The third-order valence-corrected chi connectivity index (χ3v) is 4.45. The maximum atomic E-state index is 12.2. The van der Waals surface area contributed by atoms with E-state index in [0.717, 1.165) is 40.5 Å². The van der Waals surface area contributed by atoms with Crippen molar-refractivity contribution < 1.29 is 9.53 Å². The van der Waals surface area contributed by atoms with E-state index in [0.29, 0.717) is 13.2 Å². The normalized spacial score (nSPS) is 15.1. The molecule has 1 aliphatic rings. The Hall–Kier alpha value is -2.04. The third kappa shape index (κ3) is 4.28. The van der Waals surface area contributed by atoms with Crippen molar-refractivity contribution in [3.05, 3.63) is 53.1 Å². The lowest BCUT2D eigenvalue weighted by molar-refractivity contribution is -0.122. The van der Waals surface area contributed by atoms with Gasteiger partial charge in [-0.1, -0.05) is 11.6 Å². The fourth-order valence-electron chi connectivity index (χ4n) is 2.76. The Balaban J connectivity index is 1.61. The number of anilines is 3. The Kier molecular flexibility index (Phi) is 5.38. The quantitative estimate of drug-likeness (QED) is 0.841. The maximum absolute atomic E-state index is 12.2. The minimum atomic E-state index is 0.0493. The van der Waals surface area contributed by atoms with Gasteiger partial charge in [-0.2, -0.15) is 0 Å². The van der Waals surface area contributed by atoms with Crippen LogP contribution in [-0.2, 0) is 9.53 Å². The molecule has 1 aliphatic heterocycles. The van der Waals surface area contributed by atoms with E-state index in [4.69, 9.17) is 16.3 Å². The molecule has 126 valence electrons. The van der Waals surface area contributed by atoms with E-state index in [1.807, 2.05) is 49.4 Å². The fourth-order valence-corrected chi connectivity index (χ4v) is 2.99. The number of benzene rings is 2. The molecule has 0 spiro atoms. The summed E-state index contributed by atoms with van der Waals surface area (Å²) in [5, 5.41) is 7.06. The van der Waals surface area contributed by atoms with Crippen LogP contribution in [0.1, 0.15) is 18.4 Å². The van der Waals surface area contributed by atoms with Crippen molar-refractivity contribution in [1.29, 1.82) is 0 Å². The molecule has 1 fully saturated rings. The summed E-state index contributed by atoms with van der Waals surface area (Å²) >= 11 is 5.98. The molecular weight excluding hydrogens is 324 g/mol. The Morgan fingerprint density at radius 2 is 1.75 bits per heavy atom. The number of hydrogen-bond acceptors (Lipinski definition) is 3. The first-order chi connectivity index (χ1) is 11.6. The van der Waals surface area contributed by atoms with Gasteiger partial charge in [-0.3, -0.25) is 4.79 Å². The van der Waals surface area contributed by atoms with Crippen molar-refractivity contribution in [1.82, 2.24) is 0 Å². The summed E-state index contributed by atoms with van der Waals surface area (Å²) in [6.07, 6.45) is 1.59. The molecule has 3 rings (SSSR count). The first kappa shape index (κ1) is 16.8. The van der Waals surface area contributed by atoms with Crippen LogP contribution in [0.15, 0.2) is 42.5 Å². The van der Waals surface area contributed by atoms with Gasteiger partial charge in [0.25, 0.3) is 0 Å². The lowest BCUT2D eigenvalue weighted by atomic mass is 9.99. The van der Waals surface area contributed by atoms with Crippen molar-refractivity contribution in [2.75, 3.05) is 23.8 Å². The molecule has 2 aromatic carbocycles. The van der Waals surface area contributed by atoms with Gasteiger partial charge in [-0.15, -0.1) is 0 Å². The number of carbonyl (C=O) groups excluding carboxylic acids is 1. The Morgan fingerprint density at radius 3 is 2.42 bits per heavy atom. The fraction of sp³-hybridized carbons (Fsp3) is 0.316. The van der Waals surface area contributed by atoms with Crippen molar-refractivity contribution in [2.45, 2.75) is 19.8 Å². The second kappa shape index (κ2) is 7.69. The van der Waals surface area contributed by atoms with Gasteiger partial charge in [-0.05, 0) is 67.8 Å². The Labute approximate surface area is 147 Å². The van der Waals surface area contributed by atoms with Crippen LogP contribution in [0, 0.1) is 12.8 Å². The van der Waals surface area contributed by atoms with E-state index in [1.54, 1.807) is 0 Å². The van der Waals surface area contributed by atoms with E-state index in [-0.39, 0.29) is 11.8 Å². The van der Waals surface area contributed by atoms with Crippen LogP contribution >= 0.6 is 11.6 Å². The first-order valence-corrected chi connectivity index (χ1v) is 8.51. The van der Waals surface area contributed by atoms with Gasteiger partial charge in [0.05, 0.1) is 0 Å². The number of aryl methyl sites for hydroxylation is 1. The number of carbonyl (C=O) groups is 1. The van der Waals surface area contributed by atoms with Crippen LogP contribution in [0.4, 0.5) is 17.1 Å². The first-order valence-electron chi connectivity index (χ1n) is 8.14. The molecule has 0 aliphatic carbocycles. The summed E-state index contributed by atoms with van der Waals surface area (Å²) in [4.78, 5) is 12.2. The summed E-state index contributed by atoms with van der Waals surface area (Å²) in [6.45, 7) is 3.35. The van der Waals surface area contributed by atoms with Gasteiger partial charge in [-0.25, -0.2) is 0 Å². The van der Waals surface area contributed by atoms with Crippen LogP contribution in [0.5, 0.6) is 0 Å². The standard InChI is InChI=1S/C19H21ClN2O2/c1-13-12-15(20)2-7-18(13)21-16-3-5-17(6-4-16)22-19(23)14-8-10-24-11-9-14/h2-7,12,14,21H,8-11H2,1H3,(H,22,23). The van der Waals surface area contributed by atoms with Crippen LogP contribution in [0.25, 0.3) is 0 Å². The van der Waals surface area contributed by atoms with E-state index >= 15 is 0 Å². The lowest BCUT2D eigenvalue weighted by Gasteiger charge is -2.21. The highest BCUT2D eigenvalue weighted by molar-refractivity contribution is 6.30. The van der Waals surface area contributed by atoms with Crippen molar-refractivity contribution in [2.24, 2.45) is 5.92 Å². The number of halogens is 1. The van der Waals surface area contributed by atoms with E-state index in [2.05, 4.69) is 10.6 Å².